The molecule has 0 heterocycles. The summed E-state index contributed by atoms with van der Waals surface area (Å²) >= 11 is 0. The molecular formula is C6H4F2NaO. The van der Waals surface area contributed by atoms with Gasteiger partial charge in [0.05, 0.1) is 0 Å². The topological polar surface area (TPSA) is 20.2 Å². The molecule has 1 rings (SSSR count). The van der Waals surface area contributed by atoms with E-state index in [0.717, 1.165) is 12.1 Å². The van der Waals surface area contributed by atoms with Crippen LogP contribution < -0.4 is 0 Å². The quantitative estimate of drug-likeness (QED) is 0.557. The Morgan fingerprint density at radius 2 is 1.50 bits per heavy atom. The van der Waals surface area contributed by atoms with E-state index in [4.69, 9.17) is 5.11 Å². The van der Waals surface area contributed by atoms with Crippen molar-refractivity contribution in [1.29, 1.82) is 0 Å². The Labute approximate surface area is 79.0 Å². The molecule has 0 fully saturated rings. The summed E-state index contributed by atoms with van der Waals surface area (Å²) < 4.78 is 24.2. The van der Waals surface area contributed by atoms with Gasteiger partial charge in [-0.15, -0.1) is 0 Å². The molecule has 1 aromatic carbocycles. The third-order valence-electron chi connectivity index (χ3n) is 0.938. The van der Waals surface area contributed by atoms with Gasteiger partial charge in [0.25, 0.3) is 0 Å². The fourth-order valence-corrected chi connectivity index (χ4v) is 0.489. The van der Waals surface area contributed by atoms with Gasteiger partial charge in [0, 0.05) is 29.6 Å². The normalized spacial score (nSPS) is 8.60. The second-order valence-electron chi connectivity index (χ2n) is 1.57. The Morgan fingerprint density at radius 1 is 1.10 bits per heavy atom. The van der Waals surface area contributed by atoms with Crippen LogP contribution in [0.1, 0.15) is 0 Å². The first-order chi connectivity index (χ1) is 4.22. The first-order valence-corrected chi connectivity index (χ1v) is 2.35. The zero-order chi connectivity index (χ0) is 6.85. The number of hydrogen-bond acceptors (Lipinski definition) is 1. The van der Waals surface area contributed by atoms with Crippen molar-refractivity contribution in [3.8, 4) is 5.75 Å². The Balaban J connectivity index is 0.000000810. The summed E-state index contributed by atoms with van der Waals surface area (Å²) in [6.07, 6.45) is 0. The molecule has 0 aliphatic rings. The summed E-state index contributed by atoms with van der Waals surface area (Å²) in [5.74, 6) is -2.79. The monoisotopic (exact) mass is 153 g/mol. The summed E-state index contributed by atoms with van der Waals surface area (Å²) in [6.45, 7) is 0. The molecule has 1 nitrogen and oxygen atoms in total. The maximum Gasteiger partial charge on any atom is 0.187 e. The molecular weight excluding hydrogens is 149 g/mol. The molecule has 1 N–H and O–H groups in total. The largest absolute Gasteiger partial charge is 0.503 e. The summed E-state index contributed by atoms with van der Waals surface area (Å²) in [7, 11) is 0. The summed E-state index contributed by atoms with van der Waals surface area (Å²) in [5.41, 5.74) is 0. The molecule has 0 aliphatic carbocycles. The van der Waals surface area contributed by atoms with Crippen LogP contribution in [-0.4, -0.2) is 34.7 Å². The minimum absolute atomic E-state index is 0. The molecule has 0 aromatic heterocycles. The van der Waals surface area contributed by atoms with Gasteiger partial charge in [-0.05, 0) is 12.1 Å². The number of phenolic OH excluding ortho intramolecular Hbond substituents is 1. The molecule has 0 bridgehead atoms. The molecule has 1 aromatic rings. The minimum atomic E-state index is -0.935. The zero-order valence-electron chi connectivity index (χ0n) is 5.44. The number of halogens is 2. The van der Waals surface area contributed by atoms with Crippen LogP contribution in [0.25, 0.3) is 0 Å². The van der Waals surface area contributed by atoms with Gasteiger partial charge in [-0.25, -0.2) is 8.78 Å². The van der Waals surface area contributed by atoms with E-state index < -0.39 is 17.4 Å². The fraction of sp³-hybridized carbons (Fsp3) is 0. The first-order valence-electron chi connectivity index (χ1n) is 2.35. The molecule has 10 heavy (non-hydrogen) atoms. The average Bonchev–Trinajstić information content (AvgIpc) is 1.83. The van der Waals surface area contributed by atoms with E-state index in [1.807, 2.05) is 0 Å². The van der Waals surface area contributed by atoms with Crippen molar-refractivity contribution < 1.29 is 13.9 Å². The molecule has 49 valence electrons. The SMILES string of the molecule is Oc1c(F)cccc1F.[Na]. The Hall–Kier alpha value is -0.120. The van der Waals surface area contributed by atoms with Crippen molar-refractivity contribution in [3.05, 3.63) is 29.8 Å². The van der Waals surface area contributed by atoms with Crippen molar-refractivity contribution in [1.82, 2.24) is 0 Å². The first kappa shape index (κ1) is 9.88. The Morgan fingerprint density at radius 3 is 1.80 bits per heavy atom. The molecule has 4 heteroatoms. The van der Waals surface area contributed by atoms with Crippen molar-refractivity contribution >= 4 is 29.6 Å². The van der Waals surface area contributed by atoms with Gasteiger partial charge >= 0.3 is 0 Å². The number of para-hydroxylation sites is 1. The van der Waals surface area contributed by atoms with Gasteiger partial charge in [0.15, 0.2) is 17.4 Å². The van der Waals surface area contributed by atoms with E-state index >= 15 is 0 Å². The van der Waals surface area contributed by atoms with Crippen molar-refractivity contribution in [2.45, 2.75) is 0 Å². The van der Waals surface area contributed by atoms with E-state index in [9.17, 15) is 8.78 Å². The standard InChI is InChI=1S/C6H4F2O.Na/c7-4-2-1-3-5(8)6(4)9;/h1-3,9H;. The maximum absolute atomic E-state index is 12.1. The third kappa shape index (κ3) is 1.94. The van der Waals surface area contributed by atoms with E-state index in [1.165, 1.54) is 6.07 Å². The van der Waals surface area contributed by atoms with Crippen LogP contribution in [0.3, 0.4) is 0 Å². The molecule has 0 saturated carbocycles. The van der Waals surface area contributed by atoms with E-state index in [2.05, 4.69) is 0 Å². The van der Waals surface area contributed by atoms with Crippen LogP contribution in [0.4, 0.5) is 8.78 Å². The summed E-state index contributed by atoms with van der Waals surface area (Å²) in [6, 6.07) is 3.15. The molecule has 0 atom stereocenters. The number of phenols is 1. The van der Waals surface area contributed by atoms with Crippen LogP contribution in [0.5, 0.6) is 5.75 Å². The summed E-state index contributed by atoms with van der Waals surface area (Å²) in [4.78, 5) is 0. The van der Waals surface area contributed by atoms with Gasteiger partial charge in [-0.2, -0.15) is 0 Å². The van der Waals surface area contributed by atoms with E-state index in [1.54, 1.807) is 0 Å². The number of aromatic hydroxyl groups is 1. The Kier molecular flexibility index (Phi) is 3.86. The predicted octanol–water partition coefficient (Wildman–Crippen LogP) is 1.29. The third-order valence-corrected chi connectivity index (χ3v) is 0.938. The van der Waals surface area contributed by atoms with Gasteiger partial charge in [0.2, 0.25) is 0 Å². The molecule has 0 aliphatic heterocycles. The number of hydrogen-bond donors (Lipinski definition) is 1. The average molecular weight is 153 g/mol. The van der Waals surface area contributed by atoms with E-state index in [0.29, 0.717) is 0 Å². The van der Waals surface area contributed by atoms with Crippen LogP contribution in [0, 0.1) is 11.6 Å². The number of rotatable bonds is 0. The molecule has 0 amide bonds. The smallest absolute Gasteiger partial charge is 0.187 e. The van der Waals surface area contributed by atoms with Gasteiger partial charge in [-0.1, -0.05) is 6.07 Å². The predicted molar refractivity (Wildman–Crippen MR) is 33.8 cm³/mol. The van der Waals surface area contributed by atoms with Crippen LogP contribution in [0.15, 0.2) is 18.2 Å². The van der Waals surface area contributed by atoms with Crippen LogP contribution in [0.2, 0.25) is 0 Å². The molecule has 0 spiro atoms. The maximum atomic E-state index is 12.1. The molecule has 0 saturated heterocycles. The molecule has 0 unspecified atom stereocenters. The van der Waals surface area contributed by atoms with Crippen LogP contribution in [-0.2, 0) is 0 Å². The van der Waals surface area contributed by atoms with Crippen LogP contribution >= 0.6 is 0 Å². The second kappa shape index (κ2) is 3.91. The van der Waals surface area contributed by atoms with Gasteiger partial charge < -0.3 is 5.11 Å². The number of benzene rings is 1. The fourth-order valence-electron chi connectivity index (χ4n) is 0.489. The van der Waals surface area contributed by atoms with E-state index in [-0.39, 0.29) is 29.6 Å². The van der Waals surface area contributed by atoms with Crippen molar-refractivity contribution in [2.24, 2.45) is 0 Å². The second-order valence-corrected chi connectivity index (χ2v) is 1.57. The van der Waals surface area contributed by atoms with Crippen molar-refractivity contribution in [3.63, 3.8) is 0 Å². The molecule has 1 radical (unpaired) electrons. The zero-order valence-corrected chi connectivity index (χ0v) is 7.44. The van der Waals surface area contributed by atoms with Gasteiger partial charge in [0.1, 0.15) is 0 Å². The Bertz CT molecular complexity index is 207. The van der Waals surface area contributed by atoms with Gasteiger partial charge in [-0.3, -0.25) is 0 Å². The minimum Gasteiger partial charge on any atom is -0.503 e. The summed E-state index contributed by atoms with van der Waals surface area (Å²) in [5, 5.41) is 8.46. The van der Waals surface area contributed by atoms with Crippen molar-refractivity contribution in [2.75, 3.05) is 0 Å².